The molecule has 0 saturated heterocycles. The fraction of sp³-hybridized carbons (Fsp3) is 0.118. The first-order chi connectivity index (χ1) is 13.7. The van der Waals surface area contributed by atoms with Crippen molar-refractivity contribution in [2.45, 2.75) is 6.92 Å². The van der Waals surface area contributed by atoms with Crippen LogP contribution in [0, 0.1) is 0 Å². The maximum atomic E-state index is 11.7. The van der Waals surface area contributed by atoms with Crippen LogP contribution in [0.4, 0.5) is 22.1 Å². The fourth-order valence-corrected chi connectivity index (χ4v) is 2.52. The van der Waals surface area contributed by atoms with Crippen molar-refractivity contribution < 1.29 is 4.79 Å². The number of fused-ring (bicyclic) bond motifs is 1. The minimum Gasteiger partial charge on any atom is -0.339 e. The highest BCUT2D eigenvalue weighted by Crippen LogP contribution is 2.22. The molecule has 0 radical (unpaired) electrons. The van der Waals surface area contributed by atoms with E-state index in [9.17, 15) is 4.79 Å². The van der Waals surface area contributed by atoms with Crippen molar-refractivity contribution in [1.82, 2.24) is 40.9 Å². The summed E-state index contributed by atoms with van der Waals surface area (Å²) < 4.78 is 0. The summed E-state index contributed by atoms with van der Waals surface area (Å²) in [5, 5.41) is 22.4. The second-order valence-corrected chi connectivity index (χ2v) is 5.72. The van der Waals surface area contributed by atoms with Crippen molar-refractivity contribution in [2.75, 3.05) is 17.2 Å². The highest BCUT2D eigenvalue weighted by atomic mass is 16.2. The Balaban J connectivity index is 1.57. The average Bonchev–Trinajstić information content (AvgIpc) is 3.23. The van der Waals surface area contributed by atoms with E-state index in [1.54, 1.807) is 18.3 Å². The van der Waals surface area contributed by atoms with E-state index in [1.807, 2.05) is 31.2 Å². The number of H-pyrrole nitrogens is 1. The zero-order chi connectivity index (χ0) is 19.3. The minimum absolute atomic E-state index is 0.324. The first-order valence-electron chi connectivity index (χ1n) is 8.51. The summed E-state index contributed by atoms with van der Waals surface area (Å²) in [6.45, 7) is 2.36. The highest BCUT2D eigenvalue weighted by Gasteiger charge is 2.07. The fourth-order valence-electron chi connectivity index (χ4n) is 2.52. The summed E-state index contributed by atoms with van der Waals surface area (Å²) in [5.74, 6) is 1.40. The topological polar surface area (TPSA) is 146 Å². The van der Waals surface area contributed by atoms with Gasteiger partial charge in [0.15, 0.2) is 11.5 Å². The van der Waals surface area contributed by atoms with E-state index in [0.29, 0.717) is 35.2 Å². The van der Waals surface area contributed by atoms with Crippen LogP contribution >= 0.6 is 0 Å². The SMILES string of the molecule is CCNC(=O)Nc1ccc2ncc(Nc3cccc(-c4nn[nH]n4)c3)nc2n1. The zero-order valence-corrected chi connectivity index (χ0v) is 14.8. The number of aromatic nitrogens is 7. The lowest BCUT2D eigenvalue weighted by Gasteiger charge is -2.08. The quantitative estimate of drug-likeness (QED) is 0.414. The predicted molar refractivity (Wildman–Crippen MR) is 103 cm³/mol. The molecule has 0 aliphatic heterocycles. The number of carbonyl (C=O) groups is 1. The first-order valence-corrected chi connectivity index (χ1v) is 8.51. The molecule has 11 heteroatoms. The molecular weight excluding hydrogens is 360 g/mol. The Morgan fingerprint density at radius 2 is 2.04 bits per heavy atom. The molecule has 0 bridgehead atoms. The number of carbonyl (C=O) groups excluding carboxylic acids is 1. The zero-order valence-electron chi connectivity index (χ0n) is 14.8. The van der Waals surface area contributed by atoms with Crippen LogP contribution in [0.5, 0.6) is 0 Å². The Morgan fingerprint density at radius 1 is 1.14 bits per heavy atom. The third-order valence-electron chi connectivity index (χ3n) is 3.72. The summed E-state index contributed by atoms with van der Waals surface area (Å²) >= 11 is 0. The van der Waals surface area contributed by atoms with Crippen LogP contribution in [0.2, 0.25) is 0 Å². The van der Waals surface area contributed by atoms with E-state index in [1.165, 1.54) is 0 Å². The molecule has 140 valence electrons. The van der Waals surface area contributed by atoms with E-state index in [2.05, 4.69) is 51.5 Å². The van der Waals surface area contributed by atoms with Gasteiger partial charge in [0, 0.05) is 17.8 Å². The molecule has 2 amide bonds. The number of amides is 2. The molecule has 28 heavy (non-hydrogen) atoms. The van der Waals surface area contributed by atoms with Gasteiger partial charge in [0.05, 0.1) is 6.20 Å². The number of aromatic amines is 1. The number of anilines is 3. The number of benzene rings is 1. The van der Waals surface area contributed by atoms with Crippen LogP contribution in [0.15, 0.2) is 42.6 Å². The van der Waals surface area contributed by atoms with Gasteiger partial charge in [0.2, 0.25) is 5.82 Å². The number of tetrazole rings is 1. The maximum Gasteiger partial charge on any atom is 0.320 e. The summed E-state index contributed by atoms with van der Waals surface area (Å²) in [5.41, 5.74) is 2.62. The van der Waals surface area contributed by atoms with Crippen LogP contribution in [0.3, 0.4) is 0 Å². The Morgan fingerprint density at radius 3 is 2.86 bits per heavy atom. The molecule has 0 aliphatic rings. The van der Waals surface area contributed by atoms with E-state index < -0.39 is 0 Å². The van der Waals surface area contributed by atoms with Crippen molar-refractivity contribution in [2.24, 2.45) is 0 Å². The Hall–Kier alpha value is -4.15. The molecule has 4 rings (SSSR count). The Labute approximate surface area is 159 Å². The number of nitrogens with zero attached hydrogens (tertiary/aromatic N) is 6. The van der Waals surface area contributed by atoms with Crippen molar-refractivity contribution >= 4 is 34.5 Å². The van der Waals surface area contributed by atoms with E-state index >= 15 is 0 Å². The largest absolute Gasteiger partial charge is 0.339 e. The second kappa shape index (κ2) is 7.61. The molecule has 4 aromatic rings. The second-order valence-electron chi connectivity index (χ2n) is 5.72. The molecule has 0 saturated carbocycles. The third kappa shape index (κ3) is 3.82. The third-order valence-corrected chi connectivity index (χ3v) is 3.72. The molecule has 0 atom stereocenters. The van der Waals surface area contributed by atoms with Crippen LogP contribution in [0.1, 0.15) is 6.92 Å². The molecule has 0 unspecified atom stereocenters. The maximum absolute atomic E-state index is 11.7. The number of nitrogens with one attached hydrogen (secondary N) is 4. The highest BCUT2D eigenvalue weighted by molar-refractivity contribution is 5.89. The summed E-state index contributed by atoms with van der Waals surface area (Å²) in [6, 6.07) is 10.6. The van der Waals surface area contributed by atoms with E-state index in [0.717, 1.165) is 11.3 Å². The van der Waals surface area contributed by atoms with Gasteiger partial charge in [-0.05, 0) is 36.4 Å². The van der Waals surface area contributed by atoms with Gasteiger partial charge in [-0.25, -0.2) is 19.7 Å². The van der Waals surface area contributed by atoms with Crippen molar-refractivity contribution in [1.29, 1.82) is 0 Å². The van der Waals surface area contributed by atoms with Gasteiger partial charge in [-0.1, -0.05) is 12.1 Å². The monoisotopic (exact) mass is 376 g/mol. The molecule has 11 nitrogen and oxygen atoms in total. The summed E-state index contributed by atoms with van der Waals surface area (Å²) in [4.78, 5) is 24.8. The number of hydrogen-bond donors (Lipinski definition) is 4. The Bertz CT molecular complexity index is 1110. The summed E-state index contributed by atoms with van der Waals surface area (Å²) in [6.07, 6.45) is 1.61. The molecule has 3 heterocycles. The number of rotatable bonds is 5. The molecule has 4 N–H and O–H groups in total. The van der Waals surface area contributed by atoms with Gasteiger partial charge >= 0.3 is 6.03 Å². The summed E-state index contributed by atoms with van der Waals surface area (Å²) in [7, 11) is 0. The average molecular weight is 376 g/mol. The van der Waals surface area contributed by atoms with E-state index in [-0.39, 0.29) is 6.03 Å². The van der Waals surface area contributed by atoms with Crippen LogP contribution < -0.4 is 16.0 Å². The molecule has 3 aromatic heterocycles. The first kappa shape index (κ1) is 17.3. The normalized spacial score (nSPS) is 10.6. The van der Waals surface area contributed by atoms with Crippen LogP contribution in [0.25, 0.3) is 22.6 Å². The van der Waals surface area contributed by atoms with Gasteiger partial charge in [0.1, 0.15) is 11.3 Å². The molecule has 0 spiro atoms. The minimum atomic E-state index is -0.324. The lowest BCUT2D eigenvalue weighted by atomic mass is 10.2. The van der Waals surface area contributed by atoms with Gasteiger partial charge in [-0.2, -0.15) is 5.21 Å². The van der Waals surface area contributed by atoms with Crippen LogP contribution in [-0.4, -0.2) is 48.2 Å². The number of pyridine rings is 1. The van der Waals surface area contributed by atoms with Gasteiger partial charge in [-0.15, -0.1) is 10.2 Å². The van der Waals surface area contributed by atoms with Gasteiger partial charge in [0.25, 0.3) is 0 Å². The van der Waals surface area contributed by atoms with Crippen molar-refractivity contribution in [3.63, 3.8) is 0 Å². The Kier molecular flexibility index (Phi) is 4.70. The predicted octanol–water partition coefficient (Wildman–Crippen LogP) is 2.09. The molecule has 0 fully saturated rings. The smallest absolute Gasteiger partial charge is 0.320 e. The van der Waals surface area contributed by atoms with Crippen molar-refractivity contribution in [3.05, 3.63) is 42.6 Å². The van der Waals surface area contributed by atoms with E-state index in [4.69, 9.17) is 0 Å². The lowest BCUT2D eigenvalue weighted by Crippen LogP contribution is -2.28. The molecular formula is C17H16N10O. The van der Waals surface area contributed by atoms with Gasteiger partial charge < -0.3 is 10.6 Å². The lowest BCUT2D eigenvalue weighted by molar-refractivity contribution is 0.252. The number of hydrogen-bond acceptors (Lipinski definition) is 8. The van der Waals surface area contributed by atoms with Crippen LogP contribution in [-0.2, 0) is 0 Å². The van der Waals surface area contributed by atoms with Crippen molar-refractivity contribution in [3.8, 4) is 11.4 Å². The van der Waals surface area contributed by atoms with Gasteiger partial charge in [-0.3, -0.25) is 5.32 Å². The molecule has 0 aliphatic carbocycles. The number of urea groups is 1. The standard InChI is InChI=1S/C17H16N10O/c1-2-18-17(28)23-13-7-6-12-16(21-13)22-14(9-19-12)20-11-5-3-4-10(8-11)15-24-26-27-25-15/h3-9H,2H2,1H3,(H,24,25,26,27)(H3,18,20,21,22,23,28). The molecule has 1 aromatic carbocycles.